The molecule has 2 fully saturated rings. The van der Waals surface area contributed by atoms with Gasteiger partial charge in [0, 0.05) is 4.88 Å². The van der Waals surface area contributed by atoms with Gasteiger partial charge in [0.2, 0.25) is 0 Å². The average Bonchev–Trinajstić information content (AvgIpc) is 2.93. The summed E-state index contributed by atoms with van der Waals surface area (Å²) in [6.45, 7) is 2.26. The number of thiophene rings is 1. The Bertz CT molecular complexity index is 296. The third-order valence-corrected chi connectivity index (χ3v) is 4.46. The second-order valence-corrected chi connectivity index (χ2v) is 5.26. The van der Waals surface area contributed by atoms with Gasteiger partial charge in [-0.05, 0) is 60.9 Å². The molecule has 2 aliphatic carbocycles. The highest BCUT2D eigenvalue weighted by Gasteiger charge is 2.48. The number of rotatable bonds is 2. The lowest BCUT2D eigenvalue weighted by Gasteiger charge is -1.96. The average molecular weight is 178 g/mol. The third kappa shape index (κ3) is 1.03. The second-order valence-electron chi connectivity index (χ2n) is 4.31. The van der Waals surface area contributed by atoms with Crippen LogP contribution in [0.2, 0.25) is 0 Å². The second kappa shape index (κ2) is 2.35. The van der Waals surface area contributed by atoms with Crippen molar-refractivity contribution in [3.63, 3.8) is 0 Å². The highest BCUT2D eigenvalue weighted by atomic mass is 32.1. The molecule has 2 atom stereocenters. The first-order valence-electron chi connectivity index (χ1n) is 4.90. The van der Waals surface area contributed by atoms with Crippen molar-refractivity contribution in [1.82, 2.24) is 0 Å². The van der Waals surface area contributed by atoms with E-state index < -0.39 is 0 Å². The van der Waals surface area contributed by atoms with E-state index in [1.54, 1.807) is 4.88 Å². The molecule has 0 aliphatic heterocycles. The smallest absolute Gasteiger partial charge is 0.0108 e. The first-order valence-corrected chi connectivity index (χ1v) is 5.78. The van der Waals surface area contributed by atoms with Crippen molar-refractivity contribution in [2.45, 2.75) is 32.1 Å². The fourth-order valence-electron chi connectivity index (χ4n) is 2.33. The lowest BCUT2D eigenvalue weighted by atomic mass is 10.1. The molecule has 2 saturated carbocycles. The van der Waals surface area contributed by atoms with Crippen LogP contribution in [0.1, 0.15) is 35.6 Å². The highest BCUT2D eigenvalue weighted by Crippen LogP contribution is 2.60. The van der Waals surface area contributed by atoms with Crippen LogP contribution in [0.5, 0.6) is 0 Å². The largest absolute Gasteiger partial charge is 0.148 e. The molecule has 0 aromatic carbocycles. The topological polar surface area (TPSA) is 0 Å². The van der Waals surface area contributed by atoms with Gasteiger partial charge in [-0.25, -0.2) is 0 Å². The molecule has 1 aromatic rings. The Labute approximate surface area is 77.6 Å². The standard InChI is InChI=1S/C11H14S/c1-7-4-5-12-11(7)10-6-9(10)8-2-3-8/h4-5,8-10H,2-3,6H2,1H3/t9-,10+/m0/s1. The zero-order chi connectivity index (χ0) is 8.13. The van der Waals surface area contributed by atoms with Gasteiger partial charge < -0.3 is 0 Å². The van der Waals surface area contributed by atoms with E-state index in [0.717, 1.165) is 17.8 Å². The summed E-state index contributed by atoms with van der Waals surface area (Å²) in [6, 6.07) is 2.27. The van der Waals surface area contributed by atoms with Crippen molar-refractivity contribution in [3.8, 4) is 0 Å². The zero-order valence-electron chi connectivity index (χ0n) is 7.42. The van der Waals surface area contributed by atoms with Gasteiger partial charge in [-0.2, -0.15) is 0 Å². The zero-order valence-corrected chi connectivity index (χ0v) is 8.23. The summed E-state index contributed by atoms with van der Waals surface area (Å²) < 4.78 is 0. The third-order valence-electron chi connectivity index (χ3n) is 3.31. The van der Waals surface area contributed by atoms with Crippen molar-refractivity contribution in [2.75, 3.05) is 0 Å². The predicted octanol–water partition coefficient (Wildman–Crippen LogP) is 3.57. The van der Waals surface area contributed by atoms with Crippen molar-refractivity contribution in [3.05, 3.63) is 21.9 Å². The maximum absolute atomic E-state index is 2.27. The molecule has 1 heterocycles. The fraction of sp³-hybridized carbons (Fsp3) is 0.636. The number of aryl methyl sites for hydroxylation is 1. The molecule has 0 N–H and O–H groups in total. The predicted molar refractivity (Wildman–Crippen MR) is 52.6 cm³/mol. The van der Waals surface area contributed by atoms with Crippen molar-refractivity contribution in [2.24, 2.45) is 11.8 Å². The molecule has 0 radical (unpaired) electrons. The monoisotopic (exact) mass is 178 g/mol. The van der Waals surface area contributed by atoms with Crippen LogP contribution >= 0.6 is 11.3 Å². The van der Waals surface area contributed by atoms with Crippen LogP contribution in [-0.4, -0.2) is 0 Å². The quantitative estimate of drug-likeness (QED) is 0.649. The molecular weight excluding hydrogens is 164 g/mol. The first-order chi connectivity index (χ1) is 5.86. The van der Waals surface area contributed by atoms with E-state index in [1.165, 1.54) is 24.8 Å². The summed E-state index contributed by atoms with van der Waals surface area (Å²) in [5.41, 5.74) is 1.54. The number of hydrogen-bond acceptors (Lipinski definition) is 1. The maximum atomic E-state index is 2.27. The van der Waals surface area contributed by atoms with Crippen molar-refractivity contribution in [1.29, 1.82) is 0 Å². The molecule has 3 rings (SSSR count). The van der Waals surface area contributed by atoms with Gasteiger partial charge in [0.05, 0.1) is 0 Å². The molecule has 2 aliphatic rings. The van der Waals surface area contributed by atoms with Gasteiger partial charge in [-0.3, -0.25) is 0 Å². The molecule has 1 aromatic heterocycles. The van der Waals surface area contributed by atoms with Gasteiger partial charge >= 0.3 is 0 Å². The van der Waals surface area contributed by atoms with E-state index in [0.29, 0.717) is 0 Å². The summed E-state index contributed by atoms with van der Waals surface area (Å²) >= 11 is 1.97. The van der Waals surface area contributed by atoms with Gasteiger partial charge in [-0.15, -0.1) is 11.3 Å². The molecule has 1 heteroatoms. The van der Waals surface area contributed by atoms with Gasteiger partial charge in [0.1, 0.15) is 0 Å². The molecule has 0 spiro atoms. The fourth-order valence-corrected chi connectivity index (χ4v) is 3.44. The molecule has 0 amide bonds. The first kappa shape index (κ1) is 7.14. The van der Waals surface area contributed by atoms with Crippen LogP contribution in [0.15, 0.2) is 11.4 Å². The molecule has 12 heavy (non-hydrogen) atoms. The Hall–Kier alpha value is -0.300. The SMILES string of the molecule is Cc1ccsc1[C@@H]1C[C@H]1C1CC1. The Morgan fingerprint density at radius 1 is 1.42 bits per heavy atom. The van der Waals surface area contributed by atoms with Crippen LogP contribution < -0.4 is 0 Å². The van der Waals surface area contributed by atoms with E-state index in [2.05, 4.69) is 18.4 Å². The molecule has 0 bridgehead atoms. The minimum absolute atomic E-state index is 0.970. The van der Waals surface area contributed by atoms with Gasteiger partial charge in [-0.1, -0.05) is 0 Å². The van der Waals surface area contributed by atoms with E-state index in [-0.39, 0.29) is 0 Å². The summed E-state index contributed by atoms with van der Waals surface area (Å²) in [4.78, 5) is 1.69. The Morgan fingerprint density at radius 3 is 2.83 bits per heavy atom. The van der Waals surface area contributed by atoms with E-state index in [4.69, 9.17) is 0 Å². The lowest BCUT2D eigenvalue weighted by molar-refractivity contribution is 0.692. The van der Waals surface area contributed by atoms with Crippen LogP contribution in [0.4, 0.5) is 0 Å². The lowest BCUT2D eigenvalue weighted by Crippen LogP contribution is -1.83. The normalized spacial score (nSPS) is 33.8. The number of hydrogen-bond donors (Lipinski definition) is 0. The summed E-state index contributed by atoms with van der Waals surface area (Å²) in [7, 11) is 0. The molecular formula is C11H14S. The Kier molecular flexibility index (Phi) is 1.40. The molecule has 0 nitrogen and oxygen atoms in total. The Morgan fingerprint density at radius 2 is 2.25 bits per heavy atom. The minimum Gasteiger partial charge on any atom is -0.148 e. The van der Waals surface area contributed by atoms with E-state index in [1.807, 2.05) is 11.3 Å². The van der Waals surface area contributed by atoms with Gasteiger partial charge in [0.15, 0.2) is 0 Å². The summed E-state index contributed by atoms with van der Waals surface area (Å²) in [5.74, 6) is 3.18. The minimum atomic E-state index is 0.970. The van der Waals surface area contributed by atoms with E-state index >= 15 is 0 Å². The maximum Gasteiger partial charge on any atom is 0.0108 e. The summed E-state index contributed by atoms with van der Waals surface area (Å²) in [6.07, 6.45) is 4.53. The highest BCUT2D eigenvalue weighted by molar-refractivity contribution is 7.10. The molecule has 64 valence electrons. The van der Waals surface area contributed by atoms with E-state index in [9.17, 15) is 0 Å². The molecule has 0 unspecified atom stereocenters. The Balaban J connectivity index is 1.79. The van der Waals surface area contributed by atoms with Crippen LogP contribution in [-0.2, 0) is 0 Å². The summed E-state index contributed by atoms with van der Waals surface area (Å²) in [5, 5.41) is 2.24. The van der Waals surface area contributed by atoms with Crippen LogP contribution in [0.3, 0.4) is 0 Å². The van der Waals surface area contributed by atoms with Crippen LogP contribution in [0, 0.1) is 18.8 Å². The van der Waals surface area contributed by atoms with Crippen molar-refractivity contribution >= 4 is 11.3 Å². The van der Waals surface area contributed by atoms with Crippen LogP contribution in [0.25, 0.3) is 0 Å². The molecule has 0 saturated heterocycles. The van der Waals surface area contributed by atoms with Crippen molar-refractivity contribution < 1.29 is 0 Å². The van der Waals surface area contributed by atoms with Gasteiger partial charge in [0.25, 0.3) is 0 Å².